The summed E-state index contributed by atoms with van der Waals surface area (Å²) in [6, 6.07) is 0. The summed E-state index contributed by atoms with van der Waals surface area (Å²) in [5.41, 5.74) is -0.104. The van der Waals surface area contributed by atoms with E-state index in [0.717, 1.165) is 19.6 Å². The maximum Gasteiger partial charge on any atom is 0.312 e. The molecule has 15 heteroatoms. The van der Waals surface area contributed by atoms with Crippen LogP contribution in [0.25, 0.3) is 10.8 Å². The maximum atomic E-state index is 14.7. The molecule has 1 saturated heterocycles. The van der Waals surface area contributed by atoms with Crippen LogP contribution in [0.4, 0.5) is 5.69 Å². The van der Waals surface area contributed by atoms with Crippen molar-refractivity contribution in [2.45, 2.75) is 117 Å². The molecule has 4 aliphatic rings. The Labute approximate surface area is 350 Å². The number of ether oxygens (including phenoxy) is 4. The Hall–Kier alpha value is -4.83. The number of nitrogens with one attached hydrogen (secondary N) is 1. The van der Waals surface area contributed by atoms with Crippen molar-refractivity contribution in [3.63, 3.8) is 0 Å². The number of ketones is 1. The first-order valence-electron chi connectivity index (χ1n) is 20.8. The fourth-order valence-corrected chi connectivity index (χ4v) is 8.79. The van der Waals surface area contributed by atoms with Crippen molar-refractivity contribution in [1.82, 2.24) is 4.90 Å². The Balaban J connectivity index is 1.54. The first-order chi connectivity index (χ1) is 28.2. The molecule has 0 saturated carbocycles. The second kappa shape index (κ2) is 17.3. The number of hydrogen-bond donors (Lipinski definition) is 5. The van der Waals surface area contributed by atoms with Crippen molar-refractivity contribution < 1.29 is 53.8 Å². The highest BCUT2D eigenvalue weighted by molar-refractivity contribution is 6.21. The van der Waals surface area contributed by atoms with Crippen LogP contribution in [0.5, 0.6) is 17.2 Å². The normalized spacial score (nSPS) is 31.8. The quantitative estimate of drug-likeness (QED) is 0.213. The van der Waals surface area contributed by atoms with Crippen molar-refractivity contribution in [3.8, 4) is 17.2 Å². The van der Waals surface area contributed by atoms with E-state index in [4.69, 9.17) is 23.9 Å². The molecule has 1 spiro atoms. The van der Waals surface area contributed by atoms with Gasteiger partial charge in [0.15, 0.2) is 5.75 Å². The first kappa shape index (κ1) is 44.7. The predicted octanol–water partition coefficient (Wildman–Crippen LogP) is 4.50. The van der Waals surface area contributed by atoms with Crippen LogP contribution in [-0.2, 0) is 23.8 Å². The number of aliphatic hydroxyl groups excluding tert-OH is 2. The van der Waals surface area contributed by atoms with Gasteiger partial charge in [0.25, 0.3) is 11.7 Å². The van der Waals surface area contributed by atoms with Gasteiger partial charge in [-0.1, -0.05) is 52.8 Å². The Morgan fingerprint density at radius 2 is 1.70 bits per heavy atom. The lowest BCUT2D eigenvalue weighted by atomic mass is 9.83. The highest BCUT2D eigenvalue weighted by atomic mass is 16.7. The van der Waals surface area contributed by atoms with Crippen molar-refractivity contribution in [2.75, 3.05) is 32.1 Å². The summed E-state index contributed by atoms with van der Waals surface area (Å²) in [6.07, 6.45) is 5.09. The number of allylic oxidation sites excluding steroid dienone is 2. The molecule has 1 amide bonds. The number of methoxy groups -OCH3 is 1. The van der Waals surface area contributed by atoms with Crippen LogP contribution in [0.15, 0.2) is 46.1 Å². The summed E-state index contributed by atoms with van der Waals surface area (Å²) in [5, 5.41) is 50.0. The first-order valence-corrected chi connectivity index (χ1v) is 20.8. The Kier molecular flexibility index (Phi) is 12.9. The lowest BCUT2D eigenvalue weighted by Crippen LogP contribution is -2.47. The molecule has 326 valence electrons. The number of phenols is 2. The number of anilines is 1. The van der Waals surface area contributed by atoms with E-state index in [1.807, 2.05) is 0 Å². The molecule has 60 heavy (non-hydrogen) atoms. The average Bonchev–Trinajstić information content (AvgIpc) is 3.69. The number of nitrogens with zero attached hydrogens (tertiary/aromatic N) is 3. The van der Waals surface area contributed by atoms with Gasteiger partial charge in [0, 0.05) is 94.1 Å². The molecular formula is C45H60N4O11. The highest BCUT2D eigenvalue weighted by Gasteiger charge is 2.50. The summed E-state index contributed by atoms with van der Waals surface area (Å²) in [7, 11) is 1.47. The molecule has 2 aromatic rings. The Morgan fingerprint density at radius 3 is 2.33 bits per heavy atom. The van der Waals surface area contributed by atoms with Crippen LogP contribution >= 0.6 is 0 Å². The Morgan fingerprint density at radius 1 is 1.02 bits per heavy atom. The van der Waals surface area contributed by atoms with Crippen LogP contribution < -0.4 is 20.8 Å². The van der Waals surface area contributed by atoms with Crippen molar-refractivity contribution in [3.05, 3.63) is 58.0 Å². The van der Waals surface area contributed by atoms with Crippen molar-refractivity contribution in [1.29, 1.82) is 0 Å². The van der Waals surface area contributed by atoms with E-state index in [1.165, 1.54) is 33.3 Å². The predicted molar refractivity (Wildman–Crippen MR) is 223 cm³/mol. The number of carbonyl (C=O) groups is 3. The maximum absolute atomic E-state index is 14.7. The third-order valence-electron chi connectivity index (χ3n) is 12.5. The van der Waals surface area contributed by atoms with E-state index in [-0.39, 0.29) is 56.1 Å². The smallest absolute Gasteiger partial charge is 0.312 e. The molecule has 0 aromatic heterocycles. The van der Waals surface area contributed by atoms with E-state index in [0.29, 0.717) is 24.4 Å². The van der Waals surface area contributed by atoms with Gasteiger partial charge in [0.1, 0.15) is 34.0 Å². The zero-order valence-corrected chi connectivity index (χ0v) is 36.2. The number of likely N-dealkylation sites (tertiary alicyclic amines) is 1. The van der Waals surface area contributed by atoms with Gasteiger partial charge >= 0.3 is 11.8 Å². The fraction of sp³-hybridized carbons (Fsp3) is 0.578. The van der Waals surface area contributed by atoms with Crippen LogP contribution in [-0.4, -0.2) is 106 Å². The summed E-state index contributed by atoms with van der Waals surface area (Å²) in [5.74, 6) is -5.82. The van der Waals surface area contributed by atoms with Gasteiger partial charge in [0.05, 0.1) is 41.2 Å². The van der Waals surface area contributed by atoms with Gasteiger partial charge in [-0.25, -0.2) is 4.99 Å². The Bertz CT molecular complexity index is 2260. The summed E-state index contributed by atoms with van der Waals surface area (Å²) in [4.78, 5) is 52.7. The number of Topliss-reactive ketones (excluding diaryl/α,β-unsaturated/α-hetero) is 1. The molecule has 4 aliphatic heterocycles. The number of rotatable bonds is 4. The van der Waals surface area contributed by atoms with Gasteiger partial charge in [-0.3, -0.25) is 19.4 Å². The molecule has 4 bridgehead atoms. The van der Waals surface area contributed by atoms with Crippen molar-refractivity contribution in [2.24, 2.45) is 33.7 Å². The number of phenolic OH excluding ortho intramolecular Hbond substituents is 2. The van der Waals surface area contributed by atoms with Crippen LogP contribution in [0.2, 0.25) is 0 Å². The number of hydrogen-bond acceptors (Lipinski definition) is 14. The SMILES string of the molecule is CO[C@H]1/C=C/O[C@@]2(C)Oc3c(C)c(O)c4c(O)c(c5c(c4c3C2=O)NC2(CCN(CC(C)C)CC2)N=5)=NC(=O)/C(C)=C\C=C\[C@H](C)[C@H](O)C[C@@H](O)[C@@H](C)[C@H](OC(C)=O)[C@@H]1C. The molecule has 6 rings (SSSR count). The number of esters is 1. The van der Waals surface area contributed by atoms with Crippen molar-refractivity contribution >= 4 is 34.1 Å². The summed E-state index contributed by atoms with van der Waals surface area (Å²) < 4.78 is 23.9. The van der Waals surface area contributed by atoms with Crippen LogP contribution in [0, 0.1) is 30.6 Å². The zero-order chi connectivity index (χ0) is 44.0. The number of aromatic hydroxyl groups is 2. The van der Waals surface area contributed by atoms with E-state index in [1.54, 1.807) is 52.8 Å². The van der Waals surface area contributed by atoms with Gasteiger partial charge < -0.3 is 49.6 Å². The van der Waals surface area contributed by atoms with E-state index >= 15 is 0 Å². The van der Waals surface area contributed by atoms with E-state index < -0.39 is 77.0 Å². The minimum atomic E-state index is -1.95. The molecule has 4 heterocycles. The molecule has 2 aromatic carbocycles. The molecule has 15 nitrogen and oxygen atoms in total. The number of fused-ring (bicyclic) bond motifs is 1. The molecule has 0 aliphatic carbocycles. The number of aliphatic hydroxyl groups is 2. The third-order valence-corrected chi connectivity index (χ3v) is 12.5. The second-order valence-corrected chi connectivity index (χ2v) is 17.5. The molecule has 1 fully saturated rings. The third kappa shape index (κ3) is 8.41. The monoisotopic (exact) mass is 832 g/mol. The average molecular weight is 833 g/mol. The number of carbonyl (C=O) groups excluding carboxylic acids is 3. The van der Waals surface area contributed by atoms with Gasteiger partial charge in [-0.2, -0.15) is 0 Å². The van der Waals surface area contributed by atoms with Crippen LogP contribution in [0.1, 0.15) is 90.6 Å². The summed E-state index contributed by atoms with van der Waals surface area (Å²) >= 11 is 0. The highest BCUT2D eigenvalue weighted by Crippen LogP contribution is 2.51. The lowest BCUT2D eigenvalue weighted by molar-refractivity contribution is -0.158. The van der Waals surface area contributed by atoms with Gasteiger partial charge in [0.2, 0.25) is 0 Å². The standard InChI is InChI=1S/C45H60N4O11/c1-22(2)21-49-17-15-45(16-18-49)47-35-32-33-38(53)27(7)41-34(32)42(55)44(9,60-41)58-19-14-31(57-10)26(6)40(59-28(8)50)25(5)30(52)20-29(51)23(3)12-11-13-24(4)43(56)46-37(39(33)54)36(35)48-45/h11-14,19,22-23,25-26,29-31,40,47,51-54H,15-18,20-21H2,1-10H3/b12-11+,19-14+,24-13-,46-37?/t23-,25+,26+,29+,30+,31-,40-,44-/m0/s1. The number of benzene rings is 2. The molecular weight excluding hydrogens is 773 g/mol. The lowest BCUT2D eigenvalue weighted by Gasteiger charge is -2.38. The van der Waals surface area contributed by atoms with Crippen LogP contribution in [0.3, 0.4) is 0 Å². The second-order valence-electron chi connectivity index (χ2n) is 17.5. The topological polar surface area (TPSA) is 209 Å². The number of amides is 1. The van der Waals surface area contributed by atoms with Gasteiger partial charge in [-0.15, -0.1) is 0 Å². The van der Waals surface area contributed by atoms with E-state index in [9.17, 15) is 34.8 Å². The molecule has 5 N–H and O–H groups in total. The summed E-state index contributed by atoms with van der Waals surface area (Å²) in [6.45, 7) is 17.8. The zero-order valence-electron chi connectivity index (χ0n) is 36.2. The van der Waals surface area contributed by atoms with E-state index in [2.05, 4.69) is 29.1 Å². The van der Waals surface area contributed by atoms with Gasteiger partial charge in [-0.05, 0) is 25.8 Å². The minimum Gasteiger partial charge on any atom is -0.507 e. The molecule has 8 atom stereocenters. The fourth-order valence-electron chi connectivity index (χ4n) is 8.79. The minimum absolute atomic E-state index is 0.0437. The number of piperidine rings is 1. The molecule has 0 radical (unpaired) electrons. The largest absolute Gasteiger partial charge is 0.507 e. The molecule has 0 unspecified atom stereocenters.